The molecule has 1 amide bonds. The normalized spacial score (nSPS) is 11.1. The van der Waals surface area contributed by atoms with Crippen LogP contribution in [0.4, 0.5) is 5.69 Å². The molecule has 0 unspecified atom stereocenters. The van der Waals surface area contributed by atoms with Crippen molar-refractivity contribution in [3.05, 3.63) is 89.0 Å². The maximum absolute atomic E-state index is 12.5. The van der Waals surface area contributed by atoms with Crippen LogP contribution in [0.5, 0.6) is 5.75 Å². The third-order valence-corrected chi connectivity index (χ3v) is 6.30. The summed E-state index contributed by atoms with van der Waals surface area (Å²) in [6.07, 6.45) is 0. The van der Waals surface area contributed by atoms with Crippen molar-refractivity contribution in [2.45, 2.75) is 25.7 Å². The third-order valence-electron chi connectivity index (χ3n) is 4.92. The van der Waals surface area contributed by atoms with Gasteiger partial charge in [0.1, 0.15) is 12.4 Å². The van der Waals surface area contributed by atoms with Crippen molar-refractivity contribution in [3.8, 4) is 5.75 Å². The average Bonchev–Trinajstić information content (AvgIpc) is 2.75. The van der Waals surface area contributed by atoms with Gasteiger partial charge in [-0.3, -0.25) is 9.52 Å². The molecule has 0 atom stereocenters. The largest absolute Gasteiger partial charge is 0.492 e. The molecule has 0 saturated heterocycles. The second-order valence-electron chi connectivity index (χ2n) is 7.30. The van der Waals surface area contributed by atoms with Crippen LogP contribution in [0, 0.1) is 20.8 Å². The second kappa shape index (κ2) is 9.66. The first-order valence-electron chi connectivity index (χ1n) is 9.93. The molecule has 0 fully saturated rings. The highest BCUT2D eigenvalue weighted by Crippen LogP contribution is 2.21. The SMILES string of the molecule is Cc1ccc(OCCNC(=O)c2ccc(NS(=O)(=O)c3ccccc3)c(C)c2)cc1C. The Labute approximate surface area is 183 Å². The zero-order chi connectivity index (χ0) is 22.4. The molecular weight excluding hydrogens is 412 g/mol. The van der Waals surface area contributed by atoms with Crippen LogP contribution in [-0.2, 0) is 10.0 Å². The summed E-state index contributed by atoms with van der Waals surface area (Å²) in [5.74, 6) is 0.521. The predicted octanol–water partition coefficient (Wildman–Crippen LogP) is 4.22. The summed E-state index contributed by atoms with van der Waals surface area (Å²) in [6, 6.07) is 18.9. The Balaban J connectivity index is 1.56. The summed E-state index contributed by atoms with van der Waals surface area (Å²) in [7, 11) is -3.69. The number of amides is 1. The van der Waals surface area contributed by atoms with Gasteiger partial charge in [-0.2, -0.15) is 0 Å². The summed E-state index contributed by atoms with van der Waals surface area (Å²) < 4.78 is 33.2. The Kier molecular flexibility index (Phi) is 6.97. The Morgan fingerprint density at radius 2 is 1.61 bits per heavy atom. The van der Waals surface area contributed by atoms with Crippen LogP contribution in [0.25, 0.3) is 0 Å². The number of nitrogens with one attached hydrogen (secondary N) is 2. The summed E-state index contributed by atoms with van der Waals surface area (Å²) in [4.78, 5) is 12.6. The Hall–Kier alpha value is -3.32. The Bertz CT molecular complexity index is 1180. The van der Waals surface area contributed by atoms with Gasteiger partial charge in [-0.15, -0.1) is 0 Å². The maximum atomic E-state index is 12.5. The molecule has 0 aliphatic carbocycles. The molecule has 0 spiro atoms. The minimum atomic E-state index is -3.69. The lowest BCUT2D eigenvalue weighted by Gasteiger charge is -2.12. The van der Waals surface area contributed by atoms with Gasteiger partial charge in [0.25, 0.3) is 15.9 Å². The first kappa shape index (κ1) is 22.4. The van der Waals surface area contributed by atoms with E-state index in [0.29, 0.717) is 30.0 Å². The molecule has 0 aliphatic rings. The van der Waals surface area contributed by atoms with E-state index < -0.39 is 10.0 Å². The zero-order valence-electron chi connectivity index (χ0n) is 17.8. The molecule has 6 nitrogen and oxygen atoms in total. The van der Waals surface area contributed by atoms with E-state index in [9.17, 15) is 13.2 Å². The first-order valence-corrected chi connectivity index (χ1v) is 11.4. The van der Waals surface area contributed by atoms with Gasteiger partial charge in [0.15, 0.2) is 0 Å². The van der Waals surface area contributed by atoms with Crippen molar-refractivity contribution < 1.29 is 17.9 Å². The van der Waals surface area contributed by atoms with Gasteiger partial charge in [-0.05, 0) is 79.9 Å². The molecule has 7 heteroatoms. The molecule has 0 aromatic heterocycles. The number of sulfonamides is 1. The highest BCUT2D eigenvalue weighted by Gasteiger charge is 2.15. The lowest BCUT2D eigenvalue weighted by molar-refractivity contribution is 0.0947. The highest BCUT2D eigenvalue weighted by molar-refractivity contribution is 7.92. The predicted molar refractivity (Wildman–Crippen MR) is 122 cm³/mol. The lowest BCUT2D eigenvalue weighted by atomic mass is 10.1. The van der Waals surface area contributed by atoms with Crippen LogP contribution < -0.4 is 14.8 Å². The molecule has 3 aromatic rings. The quantitative estimate of drug-likeness (QED) is 0.516. The average molecular weight is 439 g/mol. The fourth-order valence-corrected chi connectivity index (χ4v) is 4.11. The van der Waals surface area contributed by atoms with Crippen molar-refractivity contribution in [1.82, 2.24) is 5.32 Å². The van der Waals surface area contributed by atoms with E-state index in [0.717, 1.165) is 11.3 Å². The van der Waals surface area contributed by atoms with Crippen LogP contribution in [0.3, 0.4) is 0 Å². The fourth-order valence-electron chi connectivity index (χ4n) is 2.96. The number of carbonyl (C=O) groups is 1. The van der Waals surface area contributed by atoms with E-state index in [4.69, 9.17) is 4.74 Å². The van der Waals surface area contributed by atoms with Gasteiger partial charge < -0.3 is 10.1 Å². The number of ether oxygens (including phenoxy) is 1. The van der Waals surface area contributed by atoms with E-state index in [1.807, 2.05) is 32.0 Å². The zero-order valence-corrected chi connectivity index (χ0v) is 18.6. The van der Waals surface area contributed by atoms with Crippen molar-refractivity contribution in [2.75, 3.05) is 17.9 Å². The summed E-state index contributed by atoms with van der Waals surface area (Å²) >= 11 is 0. The summed E-state index contributed by atoms with van der Waals surface area (Å²) in [5, 5.41) is 2.81. The topological polar surface area (TPSA) is 84.5 Å². The van der Waals surface area contributed by atoms with Gasteiger partial charge in [0.2, 0.25) is 0 Å². The molecule has 31 heavy (non-hydrogen) atoms. The van der Waals surface area contributed by atoms with E-state index in [2.05, 4.69) is 10.0 Å². The monoisotopic (exact) mass is 438 g/mol. The van der Waals surface area contributed by atoms with Crippen LogP contribution in [-0.4, -0.2) is 27.5 Å². The Morgan fingerprint density at radius 1 is 0.871 bits per heavy atom. The lowest BCUT2D eigenvalue weighted by Crippen LogP contribution is -2.28. The van der Waals surface area contributed by atoms with Crippen LogP contribution in [0.1, 0.15) is 27.0 Å². The number of hydrogen-bond acceptors (Lipinski definition) is 4. The van der Waals surface area contributed by atoms with Gasteiger partial charge in [-0.1, -0.05) is 24.3 Å². The van der Waals surface area contributed by atoms with E-state index in [1.165, 1.54) is 17.7 Å². The fraction of sp³-hybridized carbons (Fsp3) is 0.208. The molecule has 0 bridgehead atoms. The minimum absolute atomic E-state index is 0.181. The number of carbonyl (C=O) groups excluding carboxylic acids is 1. The molecule has 0 saturated carbocycles. The summed E-state index contributed by atoms with van der Waals surface area (Å²) in [6.45, 7) is 6.52. The van der Waals surface area contributed by atoms with Gasteiger partial charge in [0, 0.05) is 5.56 Å². The van der Waals surface area contributed by atoms with Gasteiger partial charge >= 0.3 is 0 Å². The number of benzene rings is 3. The van der Waals surface area contributed by atoms with E-state index in [-0.39, 0.29) is 10.8 Å². The maximum Gasteiger partial charge on any atom is 0.261 e. The van der Waals surface area contributed by atoms with Gasteiger partial charge in [-0.25, -0.2) is 8.42 Å². The number of hydrogen-bond donors (Lipinski definition) is 2. The van der Waals surface area contributed by atoms with Crippen molar-refractivity contribution in [2.24, 2.45) is 0 Å². The van der Waals surface area contributed by atoms with Gasteiger partial charge in [0.05, 0.1) is 17.1 Å². The summed E-state index contributed by atoms with van der Waals surface area (Å²) in [5.41, 5.74) is 3.88. The molecule has 0 heterocycles. The van der Waals surface area contributed by atoms with Crippen molar-refractivity contribution in [1.29, 1.82) is 0 Å². The van der Waals surface area contributed by atoms with Crippen LogP contribution in [0.2, 0.25) is 0 Å². The van der Waals surface area contributed by atoms with Crippen LogP contribution in [0.15, 0.2) is 71.6 Å². The molecule has 2 N–H and O–H groups in total. The highest BCUT2D eigenvalue weighted by atomic mass is 32.2. The smallest absolute Gasteiger partial charge is 0.261 e. The number of anilines is 1. The molecule has 162 valence electrons. The minimum Gasteiger partial charge on any atom is -0.492 e. The molecule has 3 rings (SSSR count). The Morgan fingerprint density at radius 3 is 2.29 bits per heavy atom. The van der Waals surface area contributed by atoms with Crippen LogP contribution >= 0.6 is 0 Å². The molecule has 0 radical (unpaired) electrons. The second-order valence-corrected chi connectivity index (χ2v) is 8.98. The molecular formula is C24H26N2O4S. The van der Waals surface area contributed by atoms with Crippen molar-refractivity contribution in [3.63, 3.8) is 0 Å². The molecule has 0 aliphatic heterocycles. The standard InChI is InChI=1S/C24H26N2O4S/c1-17-9-11-21(16-18(17)2)30-14-13-25-24(27)20-10-12-23(19(3)15-20)26-31(28,29)22-7-5-4-6-8-22/h4-12,15-16,26H,13-14H2,1-3H3,(H,25,27). The number of aryl methyl sites for hydroxylation is 3. The first-order chi connectivity index (χ1) is 14.8. The molecule has 3 aromatic carbocycles. The third kappa shape index (κ3) is 5.86. The van der Waals surface area contributed by atoms with Crippen molar-refractivity contribution >= 4 is 21.6 Å². The van der Waals surface area contributed by atoms with E-state index >= 15 is 0 Å². The van der Waals surface area contributed by atoms with E-state index in [1.54, 1.807) is 43.3 Å². The number of rotatable bonds is 8.